The fourth-order valence-electron chi connectivity index (χ4n) is 3.21. The minimum absolute atomic E-state index is 0.354. The molecule has 6 nitrogen and oxygen atoms in total. The lowest BCUT2D eigenvalue weighted by Crippen LogP contribution is -2.35. The molecule has 2 aromatic heterocycles. The van der Waals surface area contributed by atoms with Crippen molar-refractivity contribution in [1.29, 1.82) is 0 Å². The summed E-state index contributed by atoms with van der Waals surface area (Å²) < 4.78 is 5.49. The number of esters is 1. The summed E-state index contributed by atoms with van der Waals surface area (Å²) >= 11 is 0. The number of aromatic nitrogens is 2. The molecule has 0 radical (unpaired) electrons. The molecule has 2 heterocycles. The van der Waals surface area contributed by atoms with Crippen LogP contribution in [0.1, 0.15) is 22.8 Å². The van der Waals surface area contributed by atoms with Crippen molar-refractivity contribution in [3.8, 4) is 11.3 Å². The molecule has 31 heavy (non-hydrogen) atoms. The number of amides is 1. The Hall–Kier alpha value is -4.06. The third-order valence-electron chi connectivity index (χ3n) is 4.86. The van der Waals surface area contributed by atoms with Gasteiger partial charge in [0.2, 0.25) is 0 Å². The summed E-state index contributed by atoms with van der Waals surface area (Å²) in [6.45, 7) is 1.93. The van der Waals surface area contributed by atoms with E-state index in [1.54, 1.807) is 25.4 Å². The van der Waals surface area contributed by atoms with Gasteiger partial charge in [-0.1, -0.05) is 48.5 Å². The fraction of sp³-hybridized carbons (Fsp3) is 0.120. The molecule has 0 spiro atoms. The first-order chi connectivity index (χ1) is 15.1. The highest BCUT2D eigenvalue weighted by atomic mass is 16.5. The van der Waals surface area contributed by atoms with Crippen LogP contribution in [0.4, 0.5) is 0 Å². The van der Waals surface area contributed by atoms with Gasteiger partial charge < -0.3 is 10.1 Å². The van der Waals surface area contributed by atoms with E-state index in [2.05, 4.69) is 15.3 Å². The molecule has 1 atom stereocenters. The van der Waals surface area contributed by atoms with Crippen molar-refractivity contribution in [3.63, 3.8) is 0 Å². The van der Waals surface area contributed by atoms with Crippen LogP contribution in [-0.2, 0) is 16.1 Å². The molecule has 0 bridgehead atoms. The summed E-state index contributed by atoms with van der Waals surface area (Å²) in [5, 5.41) is 3.46. The molecule has 2 aromatic carbocycles. The maximum absolute atomic E-state index is 13.0. The smallest absolute Gasteiger partial charge is 0.339 e. The second-order valence-electron chi connectivity index (χ2n) is 7.06. The Balaban J connectivity index is 1.54. The van der Waals surface area contributed by atoms with Gasteiger partial charge in [-0.15, -0.1) is 0 Å². The first kappa shape index (κ1) is 20.2. The Bertz CT molecular complexity index is 1210. The molecule has 0 saturated carbocycles. The molecule has 1 unspecified atom stereocenters. The van der Waals surface area contributed by atoms with Gasteiger partial charge in [-0.2, -0.15) is 0 Å². The zero-order valence-electron chi connectivity index (χ0n) is 17.0. The van der Waals surface area contributed by atoms with Crippen molar-refractivity contribution >= 4 is 22.8 Å². The van der Waals surface area contributed by atoms with E-state index in [-0.39, 0.29) is 5.91 Å². The summed E-state index contributed by atoms with van der Waals surface area (Å²) in [6, 6.07) is 22.2. The zero-order chi connectivity index (χ0) is 21.6. The molecule has 6 heteroatoms. The largest absolute Gasteiger partial charge is 0.449 e. The number of carbonyl (C=O) groups is 2. The molecule has 4 rings (SSSR count). The molecule has 1 N–H and O–H groups in total. The average Bonchev–Trinajstić information content (AvgIpc) is 2.83. The van der Waals surface area contributed by atoms with E-state index in [1.165, 1.54) is 0 Å². The van der Waals surface area contributed by atoms with Gasteiger partial charge in [0.05, 0.1) is 16.8 Å². The Labute approximate surface area is 179 Å². The van der Waals surface area contributed by atoms with Crippen LogP contribution >= 0.6 is 0 Å². The molecule has 0 saturated heterocycles. The molecule has 0 fully saturated rings. The molecular weight excluding hydrogens is 390 g/mol. The number of para-hydroxylation sites is 1. The van der Waals surface area contributed by atoms with Gasteiger partial charge in [0.25, 0.3) is 5.91 Å². The van der Waals surface area contributed by atoms with Crippen LogP contribution in [-0.4, -0.2) is 27.9 Å². The average molecular weight is 411 g/mol. The summed E-state index contributed by atoms with van der Waals surface area (Å²) in [6.07, 6.45) is 2.42. The number of pyridine rings is 2. The van der Waals surface area contributed by atoms with Crippen molar-refractivity contribution in [1.82, 2.24) is 15.3 Å². The quantitative estimate of drug-likeness (QED) is 0.482. The third kappa shape index (κ3) is 4.75. The molecule has 0 aliphatic heterocycles. The normalized spacial score (nSPS) is 11.6. The van der Waals surface area contributed by atoms with Gasteiger partial charge in [0.15, 0.2) is 6.10 Å². The minimum Gasteiger partial charge on any atom is -0.449 e. The van der Waals surface area contributed by atoms with E-state index in [4.69, 9.17) is 4.74 Å². The molecular formula is C25H21N3O3. The van der Waals surface area contributed by atoms with Crippen LogP contribution in [0, 0.1) is 0 Å². The second-order valence-corrected chi connectivity index (χ2v) is 7.06. The van der Waals surface area contributed by atoms with Gasteiger partial charge in [0.1, 0.15) is 0 Å². The standard InChI is InChI=1S/C25H21N3O3/c1-17(24(29)27-15-18-8-3-2-4-9-18)31-25(30)21-14-23(19-10-7-13-26-16-19)28-22-12-6-5-11-20(21)22/h2-14,16-17H,15H2,1H3,(H,27,29). The van der Waals surface area contributed by atoms with Gasteiger partial charge in [-0.05, 0) is 36.8 Å². The van der Waals surface area contributed by atoms with E-state index in [9.17, 15) is 9.59 Å². The number of nitrogens with zero attached hydrogens (tertiary/aromatic N) is 2. The number of fused-ring (bicyclic) bond motifs is 1. The Morgan fingerprint density at radius 3 is 2.55 bits per heavy atom. The predicted octanol–water partition coefficient (Wildman–Crippen LogP) is 4.16. The Kier molecular flexibility index (Phi) is 5.98. The summed E-state index contributed by atoms with van der Waals surface area (Å²) in [5.74, 6) is -0.936. The van der Waals surface area contributed by atoms with Crippen LogP contribution in [0.5, 0.6) is 0 Å². The lowest BCUT2D eigenvalue weighted by Gasteiger charge is -2.15. The van der Waals surface area contributed by atoms with Crippen LogP contribution in [0.3, 0.4) is 0 Å². The van der Waals surface area contributed by atoms with Crippen molar-refractivity contribution in [3.05, 3.63) is 96.3 Å². The SMILES string of the molecule is CC(OC(=O)c1cc(-c2cccnc2)nc2ccccc12)C(=O)NCc1ccccc1. The van der Waals surface area contributed by atoms with Crippen LogP contribution in [0.15, 0.2) is 85.2 Å². The monoisotopic (exact) mass is 411 g/mol. The Morgan fingerprint density at radius 1 is 1.00 bits per heavy atom. The highest BCUT2D eigenvalue weighted by Crippen LogP contribution is 2.25. The molecule has 0 aliphatic rings. The van der Waals surface area contributed by atoms with Crippen LogP contribution < -0.4 is 5.32 Å². The fourth-order valence-corrected chi connectivity index (χ4v) is 3.21. The number of hydrogen-bond acceptors (Lipinski definition) is 5. The lowest BCUT2D eigenvalue weighted by molar-refractivity contribution is -0.129. The van der Waals surface area contributed by atoms with Gasteiger partial charge >= 0.3 is 5.97 Å². The number of rotatable bonds is 6. The molecule has 1 amide bonds. The van der Waals surface area contributed by atoms with Crippen LogP contribution in [0.2, 0.25) is 0 Å². The number of nitrogens with one attached hydrogen (secondary N) is 1. The van der Waals surface area contributed by atoms with E-state index < -0.39 is 12.1 Å². The number of ether oxygens (including phenoxy) is 1. The van der Waals surface area contributed by atoms with Gasteiger partial charge in [-0.25, -0.2) is 9.78 Å². The second kappa shape index (κ2) is 9.17. The van der Waals surface area contributed by atoms with Crippen molar-refractivity contribution in [2.24, 2.45) is 0 Å². The van der Waals surface area contributed by atoms with Crippen molar-refractivity contribution < 1.29 is 14.3 Å². The topological polar surface area (TPSA) is 81.2 Å². The molecule has 154 valence electrons. The zero-order valence-corrected chi connectivity index (χ0v) is 17.0. The third-order valence-corrected chi connectivity index (χ3v) is 4.86. The number of hydrogen-bond donors (Lipinski definition) is 1. The van der Waals surface area contributed by atoms with E-state index in [0.29, 0.717) is 28.7 Å². The maximum atomic E-state index is 13.0. The van der Waals surface area contributed by atoms with Crippen molar-refractivity contribution in [2.75, 3.05) is 0 Å². The van der Waals surface area contributed by atoms with Crippen molar-refractivity contribution in [2.45, 2.75) is 19.6 Å². The molecule has 4 aromatic rings. The lowest BCUT2D eigenvalue weighted by atomic mass is 10.0. The maximum Gasteiger partial charge on any atom is 0.339 e. The first-order valence-corrected chi connectivity index (χ1v) is 9.94. The summed E-state index contributed by atoms with van der Waals surface area (Å²) in [4.78, 5) is 34.2. The van der Waals surface area contributed by atoms with E-state index in [0.717, 1.165) is 11.1 Å². The van der Waals surface area contributed by atoms with Crippen LogP contribution in [0.25, 0.3) is 22.2 Å². The minimum atomic E-state index is -0.940. The summed E-state index contributed by atoms with van der Waals surface area (Å²) in [7, 11) is 0. The summed E-state index contributed by atoms with van der Waals surface area (Å²) in [5.41, 5.74) is 3.38. The number of benzene rings is 2. The van der Waals surface area contributed by atoms with Gasteiger partial charge in [-0.3, -0.25) is 9.78 Å². The number of carbonyl (C=O) groups excluding carboxylic acids is 2. The first-order valence-electron chi connectivity index (χ1n) is 9.94. The highest BCUT2D eigenvalue weighted by molar-refractivity contribution is 6.05. The van der Waals surface area contributed by atoms with Gasteiger partial charge in [0, 0.05) is 29.9 Å². The predicted molar refractivity (Wildman–Crippen MR) is 118 cm³/mol. The highest BCUT2D eigenvalue weighted by Gasteiger charge is 2.21. The molecule has 0 aliphatic carbocycles. The van der Waals surface area contributed by atoms with E-state index in [1.807, 2.05) is 66.7 Å². The Morgan fingerprint density at radius 2 is 1.77 bits per heavy atom. The van der Waals surface area contributed by atoms with E-state index >= 15 is 0 Å².